The fraction of sp³-hybridized carbons (Fsp3) is 0.278. The molecule has 1 N–H and O–H groups in total. The van der Waals surface area contributed by atoms with E-state index in [-0.39, 0.29) is 11.7 Å². The van der Waals surface area contributed by atoms with Gasteiger partial charge >= 0.3 is 0 Å². The third-order valence-corrected chi connectivity index (χ3v) is 3.94. The molecule has 1 heterocycles. The standard InChI is InChI=1S/C18H19FN2O/c19-15-9-10-17(21-11-5-2-6-12-21)16(13-15)20-18(22)14-7-3-1-4-8-14/h1,3-4,7-10,13H,2,5-6,11-12H2,(H,20,22). The molecule has 114 valence electrons. The summed E-state index contributed by atoms with van der Waals surface area (Å²) in [5.74, 6) is -0.561. The van der Waals surface area contributed by atoms with Gasteiger partial charge in [0, 0.05) is 18.7 Å². The lowest BCUT2D eigenvalue weighted by Crippen LogP contribution is -2.30. The topological polar surface area (TPSA) is 32.3 Å². The molecule has 1 saturated heterocycles. The first kappa shape index (κ1) is 14.6. The maximum absolute atomic E-state index is 13.6. The van der Waals surface area contributed by atoms with Crippen LogP contribution in [0.4, 0.5) is 15.8 Å². The number of rotatable bonds is 3. The first-order valence-corrected chi connectivity index (χ1v) is 7.65. The first-order chi connectivity index (χ1) is 10.7. The molecule has 4 heteroatoms. The van der Waals surface area contributed by atoms with Gasteiger partial charge in [-0.25, -0.2) is 4.39 Å². The molecule has 1 amide bonds. The Bertz CT molecular complexity index is 651. The quantitative estimate of drug-likeness (QED) is 0.926. The molecule has 2 aromatic rings. The Balaban J connectivity index is 1.85. The van der Waals surface area contributed by atoms with Crippen molar-refractivity contribution in [2.45, 2.75) is 19.3 Å². The van der Waals surface area contributed by atoms with Gasteiger partial charge in [0.2, 0.25) is 0 Å². The Morgan fingerprint density at radius 3 is 2.45 bits per heavy atom. The van der Waals surface area contributed by atoms with Gasteiger partial charge in [-0.1, -0.05) is 18.2 Å². The first-order valence-electron chi connectivity index (χ1n) is 7.65. The maximum atomic E-state index is 13.6. The van der Waals surface area contributed by atoms with Crippen LogP contribution in [-0.2, 0) is 0 Å². The molecule has 0 bridgehead atoms. The second-order valence-electron chi connectivity index (χ2n) is 5.53. The van der Waals surface area contributed by atoms with Gasteiger partial charge < -0.3 is 10.2 Å². The largest absolute Gasteiger partial charge is 0.370 e. The van der Waals surface area contributed by atoms with Crippen molar-refractivity contribution in [2.24, 2.45) is 0 Å². The molecule has 0 atom stereocenters. The average Bonchev–Trinajstić information content (AvgIpc) is 2.56. The average molecular weight is 298 g/mol. The van der Waals surface area contributed by atoms with Crippen LogP contribution in [0, 0.1) is 5.82 Å². The van der Waals surface area contributed by atoms with Crippen LogP contribution in [0.2, 0.25) is 0 Å². The molecule has 0 radical (unpaired) electrons. The van der Waals surface area contributed by atoms with E-state index < -0.39 is 0 Å². The predicted molar refractivity (Wildman–Crippen MR) is 86.9 cm³/mol. The van der Waals surface area contributed by atoms with Crippen molar-refractivity contribution in [3.05, 3.63) is 59.9 Å². The number of halogens is 1. The zero-order chi connectivity index (χ0) is 15.4. The lowest BCUT2D eigenvalue weighted by atomic mass is 10.1. The van der Waals surface area contributed by atoms with Crippen molar-refractivity contribution in [2.75, 3.05) is 23.3 Å². The number of benzene rings is 2. The van der Waals surface area contributed by atoms with Crippen LogP contribution in [0.25, 0.3) is 0 Å². The van der Waals surface area contributed by atoms with Crippen LogP contribution in [0.3, 0.4) is 0 Å². The second kappa shape index (κ2) is 6.60. The fourth-order valence-corrected chi connectivity index (χ4v) is 2.80. The predicted octanol–water partition coefficient (Wildman–Crippen LogP) is 4.07. The number of nitrogens with zero attached hydrogens (tertiary/aromatic N) is 1. The van der Waals surface area contributed by atoms with E-state index in [0.29, 0.717) is 11.3 Å². The van der Waals surface area contributed by atoms with Crippen LogP contribution >= 0.6 is 0 Å². The molecule has 2 aromatic carbocycles. The number of carbonyl (C=O) groups excluding carboxylic acids is 1. The molecule has 3 nitrogen and oxygen atoms in total. The van der Waals surface area contributed by atoms with E-state index in [1.54, 1.807) is 18.2 Å². The molecule has 0 unspecified atom stereocenters. The van der Waals surface area contributed by atoms with Crippen LogP contribution in [-0.4, -0.2) is 19.0 Å². The number of piperidine rings is 1. The zero-order valence-electron chi connectivity index (χ0n) is 12.4. The number of hydrogen-bond acceptors (Lipinski definition) is 2. The summed E-state index contributed by atoms with van der Waals surface area (Å²) in [4.78, 5) is 14.5. The van der Waals surface area contributed by atoms with Gasteiger partial charge in [0.1, 0.15) is 5.82 Å². The highest BCUT2D eigenvalue weighted by Crippen LogP contribution is 2.29. The van der Waals surface area contributed by atoms with E-state index >= 15 is 0 Å². The summed E-state index contributed by atoms with van der Waals surface area (Å²) in [6.45, 7) is 1.89. The fourth-order valence-electron chi connectivity index (χ4n) is 2.80. The highest BCUT2D eigenvalue weighted by Gasteiger charge is 2.17. The molecule has 0 saturated carbocycles. The van der Waals surface area contributed by atoms with E-state index in [4.69, 9.17) is 0 Å². The molecule has 0 aliphatic carbocycles. The van der Waals surface area contributed by atoms with E-state index in [2.05, 4.69) is 10.2 Å². The summed E-state index contributed by atoms with van der Waals surface area (Å²) < 4.78 is 13.6. The summed E-state index contributed by atoms with van der Waals surface area (Å²) in [6, 6.07) is 13.6. The van der Waals surface area contributed by atoms with Crippen molar-refractivity contribution in [3.8, 4) is 0 Å². The molecule has 3 rings (SSSR count). The van der Waals surface area contributed by atoms with Crippen molar-refractivity contribution in [3.63, 3.8) is 0 Å². The van der Waals surface area contributed by atoms with Gasteiger partial charge in [0.15, 0.2) is 0 Å². The highest BCUT2D eigenvalue weighted by molar-refractivity contribution is 6.05. The zero-order valence-corrected chi connectivity index (χ0v) is 12.4. The van der Waals surface area contributed by atoms with E-state index in [0.717, 1.165) is 31.6 Å². The van der Waals surface area contributed by atoms with Crippen LogP contribution in [0.5, 0.6) is 0 Å². The molecule has 1 fully saturated rings. The monoisotopic (exact) mass is 298 g/mol. The minimum Gasteiger partial charge on any atom is -0.370 e. The molecule has 22 heavy (non-hydrogen) atoms. The Morgan fingerprint density at radius 2 is 1.73 bits per heavy atom. The van der Waals surface area contributed by atoms with Crippen LogP contribution in [0.15, 0.2) is 48.5 Å². The Hall–Kier alpha value is -2.36. The molecular weight excluding hydrogens is 279 g/mol. The Morgan fingerprint density at radius 1 is 1.00 bits per heavy atom. The smallest absolute Gasteiger partial charge is 0.255 e. The molecule has 0 aromatic heterocycles. The van der Waals surface area contributed by atoms with Gasteiger partial charge in [0.05, 0.1) is 11.4 Å². The van der Waals surface area contributed by atoms with Crippen molar-refractivity contribution < 1.29 is 9.18 Å². The van der Waals surface area contributed by atoms with Gasteiger partial charge in [-0.05, 0) is 49.6 Å². The number of nitrogens with one attached hydrogen (secondary N) is 1. The minimum absolute atomic E-state index is 0.218. The number of carbonyl (C=O) groups is 1. The van der Waals surface area contributed by atoms with Crippen molar-refractivity contribution >= 4 is 17.3 Å². The number of amides is 1. The van der Waals surface area contributed by atoms with Gasteiger partial charge in [-0.15, -0.1) is 0 Å². The van der Waals surface area contributed by atoms with Gasteiger partial charge in [-0.2, -0.15) is 0 Å². The number of hydrogen-bond donors (Lipinski definition) is 1. The molecular formula is C18H19FN2O. The summed E-state index contributed by atoms with van der Waals surface area (Å²) in [5, 5.41) is 2.84. The SMILES string of the molecule is O=C(Nc1cc(F)ccc1N1CCCCC1)c1ccccc1. The number of anilines is 2. The van der Waals surface area contributed by atoms with E-state index in [9.17, 15) is 9.18 Å². The van der Waals surface area contributed by atoms with Gasteiger partial charge in [-0.3, -0.25) is 4.79 Å². The normalized spacial score (nSPS) is 14.7. The lowest BCUT2D eigenvalue weighted by molar-refractivity contribution is 0.102. The van der Waals surface area contributed by atoms with Crippen LogP contribution < -0.4 is 10.2 Å². The molecule has 1 aliphatic heterocycles. The molecule has 0 spiro atoms. The van der Waals surface area contributed by atoms with Crippen molar-refractivity contribution in [1.29, 1.82) is 0 Å². The third kappa shape index (κ3) is 3.27. The molecule has 1 aliphatic rings. The summed E-state index contributed by atoms with van der Waals surface area (Å²) in [5.41, 5.74) is 2.00. The van der Waals surface area contributed by atoms with Gasteiger partial charge in [0.25, 0.3) is 5.91 Å². The van der Waals surface area contributed by atoms with Crippen LogP contribution in [0.1, 0.15) is 29.6 Å². The van der Waals surface area contributed by atoms with Crippen molar-refractivity contribution in [1.82, 2.24) is 0 Å². The highest BCUT2D eigenvalue weighted by atomic mass is 19.1. The Labute approximate surface area is 129 Å². The summed E-state index contributed by atoms with van der Waals surface area (Å²) >= 11 is 0. The Kier molecular flexibility index (Phi) is 4.37. The minimum atomic E-state index is -0.343. The lowest BCUT2D eigenvalue weighted by Gasteiger charge is -2.30. The van der Waals surface area contributed by atoms with E-state index in [1.165, 1.54) is 18.6 Å². The summed E-state index contributed by atoms with van der Waals surface area (Å²) in [6.07, 6.45) is 3.48. The van der Waals surface area contributed by atoms with E-state index in [1.807, 2.05) is 18.2 Å². The maximum Gasteiger partial charge on any atom is 0.255 e. The summed E-state index contributed by atoms with van der Waals surface area (Å²) in [7, 11) is 0. The third-order valence-electron chi connectivity index (χ3n) is 3.94. The second-order valence-corrected chi connectivity index (χ2v) is 5.53.